The molecule has 1 aromatic rings. The summed E-state index contributed by atoms with van der Waals surface area (Å²) in [5.74, 6) is 0. The van der Waals surface area contributed by atoms with Crippen molar-refractivity contribution in [2.45, 2.75) is 25.3 Å². The van der Waals surface area contributed by atoms with Crippen LogP contribution in [0.15, 0.2) is 18.2 Å². The largest absolute Gasteiger partial charge is 0.397 e. The van der Waals surface area contributed by atoms with E-state index in [0.717, 1.165) is 19.4 Å². The van der Waals surface area contributed by atoms with Crippen molar-refractivity contribution in [2.75, 3.05) is 24.3 Å². The Hall–Kier alpha value is -1.82. The summed E-state index contributed by atoms with van der Waals surface area (Å²) < 4.78 is 5.45. The molecular weight excluding hydrogens is 234 g/mol. The zero-order valence-electron chi connectivity index (χ0n) is 10.3. The van der Waals surface area contributed by atoms with Crippen molar-refractivity contribution >= 4 is 17.1 Å². The fourth-order valence-electron chi connectivity index (χ4n) is 2.14. The first-order chi connectivity index (χ1) is 8.50. The number of benzene rings is 1. The molecule has 1 unspecified atom stereocenters. The molecule has 1 saturated heterocycles. The fraction of sp³-hybridized carbons (Fsp3) is 0.500. The van der Waals surface area contributed by atoms with Gasteiger partial charge in [0.05, 0.1) is 28.4 Å². The van der Waals surface area contributed by atoms with Crippen LogP contribution in [0.2, 0.25) is 0 Å². The van der Waals surface area contributed by atoms with E-state index in [0.29, 0.717) is 18.0 Å². The lowest BCUT2D eigenvalue weighted by Crippen LogP contribution is -2.43. The fourth-order valence-corrected chi connectivity index (χ4v) is 2.14. The topological polar surface area (TPSA) is 90.4 Å². The van der Waals surface area contributed by atoms with Gasteiger partial charge in [0.15, 0.2) is 0 Å². The van der Waals surface area contributed by atoms with Gasteiger partial charge in [-0.05, 0) is 25.8 Å². The highest BCUT2D eigenvalue weighted by Gasteiger charge is 2.28. The van der Waals surface area contributed by atoms with E-state index < -0.39 is 4.92 Å². The van der Waals surface area contributed by atoms with E-state index in [2.05, 4.69) is 12.2 Å². The monoisotopic (exact) mass is 251 g/mol. The Balaban J connectivity index is 2.16. The van der Waals surface area contributed by atoms with Gasteiger partial charge in [0.25, 0.3) is 5.69 Å². The average Bonchev–Trinajstić information content (AvgIpc) is 2.32. The summed E-state index contributed by atoms with van der Waals surface area (Å²) in [5, 5.41) is 13.9. The number of hydrogen-bond acceptors (Lipinski definition) is 5. The van der Waals surface area contributed by atoms with Crippen molar-refractivity contribution in [3.63, 3.8) is 0 Å². The number of rotatable bonds is 3. The first-order valence-electron chi connectivity index (χ1n) is 5.90. The zero-order valence-corrected chi connectivity index (χ0v) is 10.3. The molecule has 0 radical (unpaired) electrons. The average molecular weight is 251 g/mol. The van der Waals surface area contributed by atoms with Gasteiger partial charge in [-0.2, -0.15) is 0 Å². The third-order valence-electron chi connectivity index (χ3n) is 3.12. The Morgan fingerprint density at radius 1 is 1.56 bits per heavy atom. The van der Waals surface area contributed by atoms with Gasteiger partial charge in [0.1, 0.15) is 0 Å². The molecule has 2 rings (SSSR count). The predicted molar refractivity (Wildman–Crippen MR) is 69.6 cm³/mol. The summed E-state index contributed by atoms with van der Waals surface area (Å²) in [7, 11) is 0. The molecule has 0 saturated carbocycles. The first kappa shape index (κ1) is 12.6. The van der Waals surface area contributed by atoms with Crippen LogP contribution in [0.4, 0.5) is 17.1 Å². The molecule has 0 bridgehead atoms. The molecular formula is C12H17N3O3. The van der Waals surface area contributed by atoms with Gasteiger partial charge >= 0.3 is 0 Å². The summed E-state index contributed by atoms with van der Waals surface area (Å²) in [5.41, 5.74) is 6.77. The number of nitrogens with one attached hydrogen (secondary N) is 1. The van der Waals surface area contributed by atoms with Crippen LogP contribution in [-0.4, -0.2) is 23.7 Å². The van der Waals surface area contributed by atoms with Crippen molar-refractivity contribution in [1.82, 2.24) is 0 Å². The minimum atomic E-state index is -0.453. The molecule has 0 amide bonds. The molecule has 1 atom stereocenters. The highest BCUT2D eigenvalue weighted by Crippen LogP contribution is 2.29. The Labute approximate surface area is 105 Å². The smallest absolute Gasteiger partial charge is 0.271 e. The minimum absolute atomic E-state index is 0.00287. The SMILES string of the molecule is CC1(Nc2ccc([N+](=O)[O-])cc2N)CCCOC1. The molecule has 1 heterocycles. The molecule has 0 aliphatic carbocycles. The van der Waals surface area contributed by atoms with E-state index in [1.54, 1.807) is 6.07 Å². The molecule has 98 valence electrons. The van der Waals surface area contributed by atoms with Crippen molar-refractivity contribution in [3.05, 3.63) is 28.3 Å². The summed E-state index contributed by atoms with van der Waals surface area (Å²) >= 11 is 0. The number of anilines is 2. The van der Waals surface area contributed by atoms with Crippen LogP contribution in [0.3, 0.4) is 0 Å². The van der Waals surface area contributed by atoms with Gasteiger partial charge in [-0.15, -0.1) is 0 Å². The second-order valence-corrected chi connectivity index (χ2v) is 4.87. The summed E-state index contributed by atoms with van der Waals surface area (Å²) in [6.07, 6.45) is 1.99. The van der Waals surface area contributed by atoms with Crippen LogP contribution >= 0.6 is 0 Å². The number of nitro groups is 1. The van der Waals surface area contributed by atoms with Crippen LogP contribution in [0.25, 0.3) is 0 Å². The zero-order chi connectivity index (χ0) is 13.2. The van der Waals surface area contributed by atoms with Crippen LogP contribution in [0.1, 0.15) is 19.8 Å². The standard InChI is InChI=1S/C12H17N3O3/c1-12(5-2-6-18-8-12)14-11-4-3-9(15(16)17)7-10(11)13/h3-4,7,14H,2,5-6,8,13H2,1H3. The Morgan fingerprint density at radius 2 is 2.33 bits per heavy atom. The van der Waals surface area contributed by atoms with Crippen LogP contribution in [0.5, 0.6) is 0 Å². The molecule has 18 heavy (non-hydrogen) atoms. The van der Waals surface area contributed by atoms with Gasteiger partial charge < -0.3 is 15.8 Å². The quantitative estimate of drug-likeness (QED) is 0.488. The predicted octanol–water partition coefficient (Wildman–Crippen LogP) is 2.16. The molecule has 1 fully saturated rings. The highest BCUT2D eigenvalue weighted by molar-refractivity contribution is 5.70. The summed E-state index contributed by atoms with van der Waals surface area (Å²) in [4.78, 5) is 10.2. The molecule has 1 aromatic carbocycles. The number of non-ortho nitro benzene ring substituents is 1. The van der Waals surface area contributed by atoms with E-state index >= 15 is 0 Å². The third kappa shape index (κ3) is 2.70. The minimum Gasteiger partial charge on any atom is -0.397 e. The Morgan fingerprint density at radius 3 is 2.89 bits per heavy atom. The maximum absolute atomic E-state index is 10.6. The Kier molecular flexibility index (Phi) is 3.38. The van der Waals surface area contributed by atoms with Crippen molar-refractivity contribution < 1.29 is 9.66 Å². The number of hydrogen-bond donors (Lipinski definition) is 2. The van der Waals surface area contributed by atoms with Gasteiger partial charge in [0.2, 0.25) is 0 Å². The first-order valence-corrected chi connectivity index (χ1v) is 5.90. The molecule has 0 aromatic heterocycles. The maximum Gasteiger partial charge on any atom is 0.271 e. The van der Waals surface area contributed by atoms with Crippen molar-refractivity contribution in [1.29, 1.82) is 0 Å². The lowest BCUT2D eigenvalue weighted by molar-refractivity contribution is -0.384. The number of ether oxygens (including phenoxy) is 1. The molecule has 3 N–H and O–H groups in total. The number of nitrogens with two attached hydrogens (primary N) is 1. The highest BCUT2D eigenvalue weighted by atomic mass is 16.6. The van der Waals surface area contributed by atoms with E-state index in [-0.39, 0.29) is 11.2 Å². The Bertz CT molecular complexity index is 456. The lowest BCUT2D eigenvalue weighted by atomic mass is 9.94. The number of nitrogens with zero attached hydrogens (tertiary/aromatic N) is 1. The normalized spacial score (nSPS) is 23.6. The van der Waals surface area contributed by atoms with Crippen molar-refractivity contribution in [2.24, 2.45) is 0 Å². The second-order valence-electron chi connectivity index (χ2n) is 4.87. The van der Waals surface area contributed by atoms with E-state index in [1.165, 1.54) is 12.1 Å². The molecule has 0 spiro atoms. The van der Waals surface area contributed by atoms with E-state index in [1.807, 2.05) is 0 Å². The molecule has 6 heteroatoms. The van der Waals surface area contributed by atoms with Crippen molar-refractivity contribution in [3.8, 4) is 0 Å². The van der Waals surface area contributed by atoms with Gasteiger partial charge in [-0.25, -0.2) is 0 Å². The molecule has 1 aliphatic heterocycles. The van der Waals surface area contributed by atoms with E-state index in [9.17, 15) is 10.1 Å². The van der Waals surface area contributed by atoms with Crippen LogP contribution < -0.4 is 11.1 Å². The lowest BCUT2D eigenvalue weighted by Gasteiger charge is -2.35. The molecule has 6 nitrogen and oxygen atoms in total. The van der Waals surface area contributed by atoms with Crippen LogP contribution in [0, 0.1) is 10.1 Å². The summed E-state index contributed by atoms with van der Waals surface area (Å²) in [6, 6.07) is 4.47. The number of nitrogen functional groups attached to an aromatic ring is 1. The molecule has 1 aliphatic rings. The number of nitro benzene ring substituents is 1. The van der Waals surface area contributed by atoms with Gasteiger partial charge in [-0.3, -0.25) is 10.1 Å². The summed E-state index contributed by atoms with van der Waals surface area (Å²) in [6.45, 7) is 3.46. The van der Waals surface area contributed by atoms with E-state index in [4.69, 9.17) is 10.5 Å². The maximum atomic E-state index is 10.6. The van der Waals surface area contributed by atoms with Gasteiger partial charge in [0, 0.05) is 18.7 Å². The van der Waals surface area contributed by atoms with Gasteiger partial charge in [-0.1, -0.05) is 0 Å². The van der Waals surface area contributed by atoms with Crippen LogP contribution in [-0.2, 0) is 4.74 Å². The third-order valence-corrected chi connectivity index (χ3v) is 3.12. The second kappa shape index (κ2) is 4.81.